The van der Waals surface area contributed by atoms with Crippen LogP contribution < -0.4 is 5.32 Å². The highest BCUT2D eigenvalue weighted by atomic mass is 35.5. The van der Waals surface area contributed by atoms with Crippen LogP contribution in [-0.4, -0.2) is 16.3 Å². The molecule has 3 nitrogen and oxygen atoms in total. The fourth-order valence-corrected chi connectivity index (χ4v) is 2.73. The van der Waals surface area contributed by atoms with Gasteiger partial charge in [-0.2, -0.15) is 5.10 Å². The number of hydrogen-bond donors (Lipinski definition) is 1. The van der Waals surface area contributed by atoms with Gasteiger partial charge >= 0.3 is 0 Å². The van der Waals surface area contributed by atoms with E-state index in [1.165, 1.54) is 0 Å². The fraction of sp³-hybridized carbons (Fsp3) is 0.400. The van der Waals surface area contributed by atoms with Crippen LogP contribution in [0.25, 0.3) is 0 Å². The Balaban J connectivity index is 2.23. The summed E-state index contributed by atoms with van der Waals surface area (Å²) < 4.78 is 1.81. The van der Waals surface area contributed by atoms with E-state index in [1.54, 1.807) is 0 Å². The number of nitrogens with zero attached hydrogens (tertiary/aromatic N) is 2. The Morgan fingerprint density at radius 3 is 2.55 bits per heavy atom. The predicted octanol–water partition coefficient (Wildman–Crippen LogP) is 4.01. The second kappa shape index (κ2) is 7.11. The van der Waals surface area contributed by atoms with Gasteiger partial charge in [-0.05, 0) is 37.1 Å². The third kappa shape index (κ3) is 3.75. The molecule has 20 heavy (non-hydrogen) atoms. The predicted molar refractivity (Wildman–Crippen MR) is 84.4 cm³/mol. The Kier molecular flexibility index (Phi) is 5.46. The highest BCUT2D eigenvalue weighted by molar-refractivity contribution is 6.36. The zero-order valence-corrected chi connectivity index (χ0v) is 13.2. The molecule has 1 atom stereocenters. The van der Waals surface area contributed by atoms with E-state index >= 15 is 0 Å². The maximum atomic E-state index is 6.27. The third-order valence-corrected chi connectivity index (χ3v) is 3.95. The Morgan fingerprint density at radius 1 is 1.30 bits per heavy atom. The monoisotopic (exact) mass is 311 g/mol. The van der Waals surface area contributed by atoms with Crippen LogP contribution in [-0.2, 0) is 13.5 Å². The lowest BCUT2D eigenvalue weighted by molar-refractivity contribution is 0.529. The molecule has 0 fully saturated rings. The molecule has 0 saturated heterocycles. The van der Waals surface area contributed by atoms with Crippen LogP contribution in [0.4, 0.5) is 0 Å². The van der Waals surface area contributed by atoms with E-state index in [1.807, 2.05) is 42.3 Å². The molecule has 0 saturated carbocycles. The van der Waals surface area contributed by atoms with Crippen LogP contribution in [0.1, 0.15) is 30.5 Å². The summed E-state index contributed by atoms with van der Waals surface area (Å²) in [5.41, 5.74) is 2.13. The van der Waals surface area contributed by atoms with Crippen LogP contribution in [0, 0.1) is 0 Å². The fourth-order valence-electron chi connectivity index (χ4n) is 2.18. The minimum absolute atomic E-state index is 0.168. The molecular weight excluding hydrogens is 293 g/mol. The number of rotatable bonds is 6. The standard InChI is InChI=1S/C15H19Cl2N3/c1-3-7-18-15(11-9-19-20(2)10-11)8-12-13(16)5-4-6-14(12)17/h4-6,9-10,15,18H,3,7-8H2,1-2H3. The van der Waals surface area contributed by atoms with Gasteiger partial charge in [0.05, 0.1) is 6.20 Å². The molecular formula is C15H19Cl2N3. The van der Waals surface area contributed by atoms with E-state index in [0.29, 0.717) is 10.0 Å². The zero-order chi connectivity index (χ0) is 14.5. The van der Waals surface area contributed by atoms with Crippen molar-refractivity contribution in [2.24, 2.45) is 7.05 Å². The number of aryl methyl sites for hydroxylation is 1. The maximum Gasteiger partial charge on any atom is 0.0537 e. The molecule has 0 aliphatic heterocycles. The normalized spacial score (nSPS) is 12.6. The maximum absolute atomic E-state index is 6.27. The Hall–Kier alpha value is -1.03. The summed E-state index contributed by atoms with van der Waals surface area (Å²) in [5, 5.41) is 9.20. The van der Waals surface area contributed by atoms with Gasteiger partial charge in [0.25, 0.3) is 0 Å². The molecule has 1 N–H and O–H groups in total. The molecule has 0 aliphatic rings. The van der Waals surface area contributed by atoms with Gasteiger partial charge in [-0.1, -0.05) is 36.2 Å². The van der Waals surface area contributed by atoms with Gasteiger partial charge in [-0.3, -0.25) is 4.68 Å². The molecule has 0 radical (unpaired) electrons. The van der Waals surface area contributed by atoms with Crippen LogP contribution in [0.2, 0.25) is 10.0 Å². The molecule has 0 aliphatic carbocycles. The summed E-state index contributed by atoms with van der Waals surface area (Å²) in [6.45, 7) is 3.09. The lowest BCUT2D eigenvalue weighted by atomic mass is 10.0. The average Bonchev–Trinajstić information content (AvgIpc) is 2.84. The Labute approximate surface area is 129 Å². The summed E-state index contributed by atoms with van der Waals surface area (Å²) in [6.07, 6.45) is 5.74. The van der Waals surface area contributed by atoms with Crippen molar-refractivity contribution < 1.29 is 0 Å². The van der Waals surface area contributed by atoms with Gasteiger partial charge in [-0.25, -0.2) is 0 Å². The number of hydrogen-bond acceptors (Lipinski definition) is 2. The molecule has 0 bridgehead atoms. The van der Waals surface area contributed by atoms with Gasteiger partial charge in [0.15, 0.2) is 0 Å². The summed E-state index contributed by atoms with van der Waals surface area (Å²) in [4.78, 5) is 0. The summed E-state index contributed by atoms with van der Waals surface area (Å²) in [5.74, 6) is 0. The molecule has 2 rings (SSSR count). The summed E-state index contributed by atoms with van der Waals surface area (Å²) >= 11 is 12.5. The summed E-state index contributed by atoms with van der Waals surface area (Å²) in [6, 6.07) is 5.79. The van der Waals surface area contributed by atoms with Crippen molar-refractivity contribution in [2.75, 3.05) is 6.54 Å². The molecule has 0 amide bonds. The van der Waals surface area contributed by atoms with E-state index < -0.39 is 0 Å². The SMILES string of the molecule is CCCNC(Cc1c(Cl)cccc1Cl)c1cnn(C)c1. The van der Waals surface area contributed by atoms with Crippen LogP contribution in [0.15, 0.2) is 30.6 Å². The first-order valence-corrected chi connectivity index (χ1v) is 7.52. The number of aromatic nitrogens is 2. The molecule has 108 valence electrons. The van der Waals surface area contributed by atoms with Gasteiger partial charge < -0.3 is 5.32 Å². The van der Waals surface area contributed by atoms with Gasteiger partial charge in [0.2, 0.25) is 0 Å². The van der Waals surface area contributed by atoms with Gasteiger partial charge in [0, 0.05) is 34.9 Å². The first-order valence-electron chi connectivity index (χ1n) is 6.76. The first-order chi connectivity index (χ1) is 9.61. The Morgan fingerprint density at radius 2 is 2.00 bits per heavy atom. The minimum Gasteiger partial charge on any atom is -0.310 e. The molecule has 1 aromatic carbocycles. The highest BCUT2D eigenvalue weighted by Gasteiger charge is 2.16. The molecule has 0 spiro atoms. The zero-order valence-electron chi connectivity index (χ0n) is 11.7. The molecule has 1 heterocycles. The van der Waals surface area contributed by atoms with Crippen molar-refractivity contribution in [2.45, 2.75) is 25.8 Å². The van der Waals surface area contributed by atoms with E-state index in [0.717, 1.165) is 30.5 Å². The van der Waals surface area contributed by atoms with Crippen molar-refractivity contribution in [1.82, 2.24) is 15.1 Å². The van der Waals surface area contributed by atoms with E-state index in [9.17, 15) is 0 Å². The smallest absolute Gasteiger partial charge is 0.0537 e. The highest BCUT2D eigenvalue weighted by Crippen LogP contribution is 2.29. The number of halogens is 2. The van der Waals surface area contributed by atoms with Crippen LogP contribution in [0.3, 0.4) is 0 Å². The second-order valence-electron chi connectivity index (χ2n) is 4.86. The molecule has 1 aromatic heterocycles. The number of nitrogens with one attached hydrogen (secondary N) is 1. The first kappa shape index (κ1) is 15.4. The van der Waals surface area contributed by atoms with Crippen molar-refractivity contribution in [3.63, 3.8) is 0 Å². The van der Waals surface area contributed by atoms with Crippen molar-refractivity contribution in [3.05, 3.63) is 51.8 Å². The van der Waals surface area contributed by atoms with E-state index in [2.05, 4.69) is 17.3 Å². The largest absolute Gasteiger partial charge is 0.310 e. The van der Waals surface area contributed by atoms with Crippen molar-refractivity contribution >= 4 is 23.2 Å². The lowest BCUT2D eigenvalue weighted by Gasteiger charge is -2.18. The third-order valence-electron chi connectivity index (χ3n) is 3.24. The van der Waals surface area contributed by atoms with E-state index in [-0.39, 0.29) is 6.04 Å². The molecule has 2 aromatic rings. The van der Waals surface area contributed by atoms with Crippen molar-refractivity contribution in [1.29, 1.82) is 0 Å². The minimum atomic E-state index is 0.168. The topological polar surface area (TPSA) is 29.9 Å². The van der Waals surface area contributed by atoms with Gasteiger partial charge in [-0.15, -0.1) is 0 Å². The summed E-state index contributed by atoms with van der Waals surface area (Å²) in [7, 11) is 1.92. The number of benzene rings is 1. The Bertz CT molecular complexity index is 546. The quantitative estimate of drug-likeness (QED) is 0.873. The molecule has 5 heteroatoms. The van der Waals surface area contributed by atoms with Crippen molar-refractivity contribution in [3.8, 4) is 0 Å². The molecule has 1 unspecified atom stereocenters. The van der Waals surface area contributed by atoms with E-state index in [4.69, 9.17) is 23.2 Å². The van der Waals surface area contributed by atoms with Gasteiger partial charge in [0.1, 0.15) is 0 Å². The average molecular weight is 312 g/mol. The van der Waals surface area contributed by atoms with Crippen LogP contribution in [0.5, 0.6) is 0 Å². The lowest BCUT2D eigenvalue weighted by Crippen LogP contribution is -2.24. The van der Waals surface area contributed by atoms with Crippen LogP contribution >= 0.6 is 23.2 Å². The second-order valence-corrected chi connectivity index (χ2v) is 5.67.